The number of nitrogens with zero attached hydrogens (tertiary/aromatic N) is 6. The largest absolute Gasteiger partial charge is 0.480 e. The molecule has 14 heteroatoms. The van der Waals surface area contributed by atoms with E-state index in [1.807, 2.05) is 12.1 Å². The maximum Gasteiger partial charge on any atom is 0.324 e. The van der Waals surface area contributed by atoms with Gasteiger partial charge in [-0.3, -0.25) is 18.5 Å². The van der Waals surface area contributed by atoms with Gasteiger partial charge < -0.3 is 14.9 Å². The molecule has 1 aliphatic heterocycles. The number of rotatable bonds is 7. The third kappa shape index (κ3) is 5.55. The van der Waals surface area contributed by atoms with Crippen molar-refractivity contribution in [1.29, 1.82) is 0 Å². The molecule has 1 fully saturated rings. The van der Waals surface area contributed by atoms with Crippen LogP contribution in [0, 0.1) is 0 Å². The number of carbonyl (C=O) groups is 2. The van der Waals surface area contributed by atoms with Gasteiger partial charge in [0.2, 0.25) is 5.91 Å². The molecule has 40 heavy (non-hydrogen) atoms. The van der Waals surface area contributed by atoms with Gasteiger partial charge in [0, 0.05) is 54.7 Å². The summed E-state index contributed by atoms with van der Waals surface area (Å²) in [5, 5.41) is 19.1. The van der Waals surface area contributed by atoms with Gasteiger partial charge in [0.25, 0.3) is 10.0 Å². The monoisotopic (exact) mass is 602 g/mol. The summed E-state index contributed by atoms with van der Waals surface area (Å²) in [6, 6.07) is 14.1. The minimum atomic E-state index is -4.30. The molecule has 2 aromatic heterocycles. The molecule has 208 valence electrons. The summed E-state index contributed by atoms with van der Waals surface area (Å²) in [6.45, 7) is 3.35. The van der Waals surface area contributed by atoms with Crippen molar-refractivity contribution in [2.45, 2.75) is 11.8 Å². The Balaban J connectivity index is 1.43. The van der Waals surface area contributed by atoms with Crippen molar-refractivity contribution in [1.82, 2.24) is 19.7 Å². The zero-order chi connectivity index (χ0) is 28.6. The lowest BCUT2D eigenvalue weighted by Gasteiger charge is -2.34. The molecule has 1 N–H and O–H groups in total. The lowest BCUT2D eigenvalue weighted by Crippen LogP contribution is -2.48. The van der Waals surface area contributed by atoms with Crippen molar-refractivity contribution in [3.63, 3.8) is 0 Å². The van der Waals surface area contributed by atoms with E-state index in [1.165, 1.54) is 24.3 Å². The number of carboxylic acids is 1. The molecule has 1 amide bonds. The van der Waals surface area contributed by atoms with Gasteiger partial charge in [0.15, 0.2) is 11.6 Å². The summed E-state index contributed by atoms with van der Waals surface area (Å²) in [4.78, 5) is 26.9. The van der Waals surface area contributed by atoms with Gasteiger partial charge in [-0.15, -0.1) is 10.2 Å². The van der Waals surface area contributed by atoms with Crippen LogP contribution in [0.5, 0.6) is 0 Å². The fourth-order valence-corrected chi connectivity index (χ4v) is 6.73. The second-order valence-electron chi connectivity index (χ2n) is 9.18. The van der Waals surface area contributed by atoms with Crippen LogP contribution in [0.4, 0.5) is 11.5 Å². The number of amides is 1. The van der Waals surface area contributed by atoms with Crippen LogP contribution in [0.1, 0.15) is 6.92 Å². The molecule has 0 aliphatic carbocycles. The van der Waals surface area contributed by atoms with Crippen LogP contribution in [0.3, 0.4) is 0 Å². The Hall–Kier alpha value is -3.87. The molecule has 1 aliphatic rings. The number of aliphatic carboxylic acids is 1. The van der Waals surface area contributed by atoms with Crippen LogP contribution >= 0.6 is 23.2 Å². The maximum atomic E-state index is 13.4. The summed E-state index contributed by atoms with van der Waals surface area (Å²) in [5.41, 5.74) is 0.884. The number of carbonyl (C=O) groups excluding carboxylic acids is 1. The zero-order valence-corrected chi connectivity index (χ0v) is 23.6. The number of sulfonamides is 1. The number of halogens is 2. The van der Waals surface area contributed by atoms with Crippen LogP contribution in [0.15, 0.2) is 65.7 Å². The first-order valence-electron chi connectivity index (χ1n) is 12.2. The second kappa shape index (κ2) is 11.0. The molecule has 0 spiro atoms. The van der Waals surface area contributed by atoms with Gasteiger partial charge in [-0.1, -0.05) is 23.2 Å². The first kappa shape index (κ1) is 27.7. The summed E-state index contributed by atoms with van der Waals surface area (Å²) >= 11 is 12.0. The molecule has 3 heterocycles. The van der Waals surface area contributed by atoms with Crippen molar-refractivity contribution in [2.75, 3.05) is 41.9 Å². The highest BCUT2D eigenvalue weighted by molar-refractivity contribution is 7.92. The predicted molar refractivity (Wildman–Crippen MR) is 152 cm³/mol. The lowest BCUT2D eigenvalue weighted by molar-refractivity contribution is -0.135. The van der Waals surface area contributed by atoms with Crippen molar-refractivity contribution >= 4 is 67.5 Å². The lowest BCUT2D eigenvalue weighted by atomic mass is 10.2. The van der Waals surface area contributed by atoms with E-state index in [4.69, 9.17) is 23.2 Å². The number of piperazine rings is 1. The Kier molecular flexibility index (Phi) is 7.58. The zero-order valence-electron chi connectivity index (χ0n) is 21.2. The molecule has 0 atom stereocenters. The van der Waals surface area contributed by atoms with E-state index in [9.17, 15) is 23.1 Å². The van der Waals surface area contributed by atoms with E-state index >= 15 is 0 Å². The van der Waals surface area contributed by atoms with E-state index in [0.29, 0.717) is 43.2 Å². The quantitative estimate of drug-likeness (QED) is 0.339. The molecule has 4 aromatic rings. The molecular weight excluding hydrogens is 579 g/mol. The standard InChI is InChI=1S/C26H24Cl2N6O5S/c1-17(35)31-8-10-32(11-9-31)24-4-5-25(30-29-24)33-7-6-18-12-21(2-3-23(18)33)34(16-26(36)37)40(38,39)22-14-19(27)13-20(28)15-22/h2-7,12-15H,8-11,16H2,1H3,(H,36,37). The Morgan fingerprint density at radius 1 is 0.925 bits per heavy atom. The fraction of sp³-hybridized carbons (Fsp3) is 0.231. The first-order valence-corrected chi connectivity index (χ1v) is 14.4. The number of aromatic nitrogens is 3. The van der Waals surface area contributed by atoms with E-state index in [1.54, 1.807) is 40.8 Å². The molecule has 2 aromatic carbocycles. The Bertz CT molecular complexity index is 1680. The van der Waals surface area contributed by atoms with E-state index < -0.39 is 22.5 Å². The van der Waals surface area contributed by atoms with Crippen molar-refractivity contribution in [3.05, 3.63) is 70.8 Å². The Morgan fingerprint density at radius 3 is 2.17 bits per heavy atom. The number of hydrogen-bond donors (Lipinski definition) is 1. The molecular formula is C26H24Cl2N6O5S. The summed E-state index contributed by atoms with van der Waals surface area (Å²) in [6.07, 6.45) is 1.77. The van der Waals surface area contributed by atoms with E-state index in [0.717, 1.165) is 9.82 Å². The third-order valence-electron chi connectivity index (χ3n) is 6.60. The fourth-order valence-electron chi connectivity index (χ4n) is 4.59. The van der Waals surface area contributed by atoms with Gasteiger partial charge in [0.05, 0.1) is 16.1 Å². The molecule has 5 rings (SSSR count). The van der Waals surface area contributed by atoms with Gasteiger partial charge in [-0.05, 0) is 54.6 Å². The van der Waals surface area contributed by atoms with Gasteiger partial charge in [-0.25, -0.2) is 8.42 Å². The second-order valence-corrected chi connectivity index (χ2v) is 11.9. The molecule has 11 nitrogen and oxygen atoms in total. The van der Waals surface area contributed by atoms with Crippen molar-refractivity contribution in [3.8, 4) is 5.82 Å². The summed E-state index contributed by atoms with van der Waals surface area (Å²) in [5.74, 6) is -0.00695. The topological polar surface area (TPSA) is 129 Å². The first-order chi connectivity index (χ1) is 19.0. The average Bonchev–Trinajstić information content (AvgIpc) is 3.34. The number of hydrogen-bond acceptors (Lipinski definition) is 7. The van der Waals surface area contributed by atoms with Crippen molar-refractivity contribution < 1.29 is 23.1 Å². The van der Waals surface area contributed by atoms with Gasteiger partial charge in [0.1, 0.15) is 6.54 Å². The molecule has 0 saturated carbocycles. The van der Waals surface area contributed by atoms with Crippen LogP contribution in [0.2, 0.25) is 10.0 Å². The average molecular weight is 603 g/mol. The van der Waals surface area contributed by atoms with Crippen molar-refractivity contribution in [2.24, 2.45) is 0 Å². The Morgan fingerprint density at radius 2 is 1.57 bits per heavy atom. The summed E-state index contributed by atoms with van der Waals surface area (Å²) < 4.78 is 29.5. The van der Waals surface area contributed by atoms with Crippen LogP contribution in [0.25, 0.3) is 16.7 Å². The maximum absolute atomic E-state index is 13.4. The molecule has 0 bridgehead atoms. The van der Waals surface area contributed by atoms with Gasteiger partial charge in [-0.2, -0.15) is 0 Å². The Labute approximate surface area is 240 Å². The highest BCUT2D eigenvalue weighted by Gasteiger charge is 2.28. The molecule has 1 saturated heterocycles. The van der Waals surface area contributed by atoms with Crippen LogP contribution in [-0.4, -0.2) is 77.8 Å². The number of fused-ring (bicyclic) bond motifs is 1. The normalized spacial score (nSPS) is 14.0. The predicted octanol–water partition coefficient (Wildman–Crippen LogP) is 3.68. The van der Waals surface area contributed by atoms with E-state index in [2.05, 4.69) is 15.1 Å². The molecule has 0 radical (unpaired) electrons. The number of carboxylic acid groups (broad SMARTS) is 1. The summed E-state index contributed by atoms with van der Waals surface area (Å²) in [7, 11) is -4.30. The van der Waals surface area contributed by atoms with Crippen LogP contribution in [-0.2, 0) is 19.6 Å². The molecule has 0 unspecified atom stereocenters. The number of anilines is 2. The minimum absolute atomic E-state index is 0.0567. The smallest absolute Gasteiger partial charge is 0.324 e. The third-order valence-corrected chi connectivity index (χ3v) is 8.78. The van der Waals surface area contributed by atoms with Crippen LogP contribution < -0.4 is 9.21 Å². The minimum Gasteiger partial charge on any atom is -0.480 e. The highest BCUT2D eigenvalue weighted by atomic mass is 35.5. The number of benzene rings is 2. The highest BCUT2D eigenvalue weighted by Crippen LogP contribution is 2.31. The van der Waals surface area contributed by atoms with Gasteiger partial charge >= 0.3 is 5.97 Å². The van der Waals surface area contributed by atoms with E-state index in [-0.39, 0.29) is 26.5 Å². The SMILES string of the molecule is CC(=O)N1CCN(c2ccc(-n3ccc4cc(N(CC(=O)O)S(=O)(=O)c5cc(Cl)cc(Cl)c5)ccc43)nn2)CC1.